The van der Waals surface area contributed by atoms with Crippen LogP contribution in [0, 0.1) is 5.92 Å². The van der Waals surface area contributed by atoms with Gasteiger partial charge in [-0.1, -0.05) is 87.2 Å². The lowest BCUT2D eigenvalue weighted by atomic mass is 10.0. The number of ether oxygens (including phenoxy) is 2. The molecule has 0 heterocycles. The van der Waals surface area contributed by atoms with Gasteiger partial charge in [0.1, 0.15) is 13.2 Å². The van der Waals surface area contributed by atoms with Gasteiger partial charge in [-0.15, -0.1) is 0 Å². The molecule has 0 aliphatic carbocycles. The van der Waals surface area contributed by atoms with Crippen molar-refractivity contribution in [3.8, 4) is 11.1 Å². The molecular formula is C34H33NO4. The fourth-order valence-electron chi connectivity index (χ4n) is 3.96. The van der Waals surface area contributed by atoms with Gasteiger partial charge >= 0.3 is 11.9 Å². The highest BCUT2D eigenvalue weighted by molar-refractivity contribution is 5.87. The number of rotatable bonds is 10. The Kier molecular flexibility index (Phi) is 8.95. The van der Waals surface area contributed by atoms with Gasteiger partial charge in [0, 0.05) is 22.6 Å². The van der Waals surface area contributed by atoms with E-state index in [-0.39, 0.29) is 25.1 Å². The summed E-state index contributed by atoms with van der Waals surface area (Å²) < 4.78 is 10.7. The lowest BCUT2D eigenvalue weighted by Gasteiger charge is -2.26. The van der Waals surface area contributed by atoms with Crippen molar-refractivity contribution in [1.29, 1.82) is 0 Å². The van der Waals surface area contributed by atoms with Gasteiger partial charge in [-0.2, -0.15) is 0 Å². The highest BCUT2D eigenvalue weighted by Crippen LogP contribution is 2.36. The van der Waals surface area contributed by atoms with Gasteiger partial charge in [0.2, 0.25) is 0 Å². The van der Waals surface area contributed by atoms with Crippen molar-refractivity contribution in [2.45, 2.75) is 34.0 Å². The normalized spacial score (nSPS) is 10.7. The maximum absolute atomic E-state index is 11.9. The van der Waals surface area contributed by atoms with Crippen molar-refractivity contribution in [3.63, 3.8) is 0 Å². The molecule has 0 radical (unpaired) electrons. The third-order valence-corrected chi connectivity index (χ3v) is 6.19. The van der Waals surface area contributed by atoms with Gasteiger partial charge in [0.15, 0.2) is 0 Å². The molecule has 0 fully saturated rings. The summed E-state index contributed by atoms with van der Waals surface area (Å²) in [6.07, 6.45) is 0. The van der Waals surface area contributed by atoms with Gasteiger partial charge in [-0.3, -0.25) is 4.79 Å². The van der Waals surface area contributed by atoms with Crippen LogP contribution < -0.4 is 4.90 Å². The number of esters is 2. The van der Waals surface area contributed by atoms with Crippen LogP contribution in [0.2, 0.25) is 0 Å². The van der Waals surface area contributed by atoms with Crippen LogP contribution >= 0.6 is 0 Å². The van der Waals surface area contributed by atoms with E-state index in [0.29, 0.717) is 5.57 Å². The topological polar surface area (TPSA) is 55.8 Å². The Morgan fingerprint density at radius 3 is 1.56 bits per heavy atom. The van der Waals surface area contributed by atoms with Crippen molar-refractivity contribution in [1.82, 2.24) is 0 Å². The molecule has 5 heteroatoms. The molecule has 0 aromatic heterocycles. The predicted octanol–water partition coefficient (Wildman–Crippen LogP) is 8.14. The summed E-state index contributed by atoms with van der Waals surface area (Å²) >= 11 is 0. The number of benzene rings is 4. The first-order valence-electron chi connectivity index (χ1n) is 12.9. The summed E-state index contributed by atoms with van der Waals surface area (Å²) in [7, 11) is 0. The molecular weight excluding hydrogens is 486 g/mol. The largest absolute Gasteiger partial charge is 0.461 e. The molecule has 0 atom stereocenters. The Morgan fingerprint density at radius 2 is 1.10 bits per heavy atom. The molecule has 4 rings (SSSR count). The summed E-state index contributed by atoms with van der Waals surface area (Å²) in [4.78, 5) is 25.8. The summed E-state index contributed by atoms with van der Waals surface area (Å²) in [6.45, 7) is 9.32. The van der Waals surface area contributed by atoms with Crippen LogP contribution in [0.1, 0.15) is 31.9 Å². The lowest BCUT2D eigenvalue weighted by molar-refractivity contribution is -0.148. The van der Waals surface area contributed by atoms with Crippen LogP contribution in [0.3, 0.4) is 0 Å². The van der Waals surface area contributed by atoms with Crippen LogP contribution in [0.15, 0.2) is 115 Å². The molecule has 4 aromatic rings. The Morgan fingerprint density at radius 1 is 0.667 bits per heavy atom. The van der Waals surface area contributed by atoms with E-state index >= 15 is 0 Å². The number of anilines is 3. The number of carbonyl (C=O) groups excluding carboxylic acids is 2. The zero-order chi connectivity index (χ0) is 27.8. The van der Waals surface area contributed by atoms with Gasteiger partial charge < -0.3 is 14.4 Å². The molecule has 0 aliphatic rings. The Balaban J connectivity index is 1.61. The number of carbonyl (C=O) groups is 2. The first-order valence-corrected chi connectivity index (χ1v) is 12.9. The summed E-state index contributed by atoms with van der Waals surface area (Å²) in [5, 5.41) is 0. The van der Waals surface area contributed by atoms with Crippen LogP contribution in [-0.4, -0.2) is 11.9 Å². The first-order chi connectivity index (χ1) is 18.8. The van der Waals surface area contributed by atoms with E-state index in [2.05, 4.69) is 47.9 Å². The lowest BCUT2D eigenvalue weighted by Crippen LogP contribution is -2.12. The van der Waals surface area contributed by atoms with E-state index < -0.39 is 5.97 Å². The Hall–Kier alpha value is -4.64. The number of hydrogen-bond acceptors (Lipinski definition) is 5. The molecule has 198 valence electrons. The minimum atomic E-state index is -0.404. The average molecular weight is 520 g/mol. The summed E-state index contributed by atoms with van der Waals surface area (Å²) in [6, 6.07) is 34.6. The van der Waals surface area contributed by atoms with Gasteiger partial charge in [0.25, 0.3) is 0 Å². The van der Waals surface area contributed by atoms with Gasteiger partial charge in [-0.25, -0.2) is 4.79 Å². The highest BCUT2D eigenvalue weighted by atomic mass is 16.5. The van der Waals surface area contributed by atoms with Crippen molar-refractivity contribution in [2.24, 2.45) is 5.92 Å². The van der Waals surface area contributed by atoms with E-state index in [4.69, 9.17) is 9.47 Å². The van der Waals surface area contributed by atoms with Crippen molar-refractivity contribution < 1.29 is 19.1 Å². The minimum absolute atomic E-state index is 0.161. The maximum atomic E-state index is 11.9. The predicted molar refractivity (Wildman–Crippen MR) is 156 cm³/mol. The van der Waals surface area contributed by atoms with Crippen molar-refractivity contribution in [2.75, 3.05) is 4.90 Å². The SMILES string of the molecule is C=C(C)C(=O)OCc1ccc(N(c2ccc(COC(=O)C(C)C)cc2)c2ccc(-c3ccccc3)cc2)cc1. The third-order valence-electron chi connectivity index (χ3n) is 6.19. The maximum Gasteiger partial charge on any atom is 0.333 e. The molecule has 0 aliphatic heterocycles. The van der Waals surface area contributed by atoms with Crippen LogP contribution in [0.25, 0.3) is 11.1 Å². The van der Waals surface area contributed by atoms with Crippen molar-refractivity contribution in [3.05, 3.63) is 126 Å². The Labute approximate surface area is 230 Å². The number of nitrogens with zero attached hydrogens (tertiary/aromatic N) is 1. The fourth-order valence-corrected chi connectivity index (χ4v) is 3.96. The molecule has 0 bridgehead atoms. The van der Waals surface area contributed by atoms with E-state index in [1.54, 1.807) is 6.92 Å². The van der Waals surface area contributed by atoms with E-state index in [1.165, 1.54) is 0 Å². The van der Waals surface area contributed by atoms with Crippen molar-refractivity contribution >= 4 is 29.0 Å². The second-order valence-electron chi connectivity index (χ2n) is 9.70. The summed E-state index contributed by atoms with van der Waals surface area (Å²) in [5.74, 6) is -0.780. The second kappa shape index (κ2) is 12.7. The zero-order valence-electron chi connectivity index (χ0n) is 22.6. The molecule has 5 nitrogen and oxygen atoms in total. The Bertz CT molecular complexity index is 1410. The number of hydrogen-bond donors (Lipinski definition) is 0. The molecule has 0 amide bonds. The second-order valence-corrected chi connectivity index (χ2v) is 9.70. The van der Waals surface area contributed by atoms with E-state index in [9.17, 15) is 9.59 Å². The van der Waals surface area contributed by atoms with Gasteiger partial charge in [0.05, 0.1) is 5.92 Å². The molecule has 0 unspecified atom stereocenters. The third kappa shape index (κ3) is 7.23. The summed E-state index contributed by atoms with van der Waals surface area (Å²) in [5.41, 5.74) is 7.38. The molecule has 39 heavy (non-hydrogen) atoms. The van der Waals surface area contributed by atoms with Crippen LogP contribution in [-0.2, 0) is 32.3 Å². The van der Waals surface area contributed by atoms with Crippen LogP contribution in [0.5, 0.6) is 0 Å². The first kappa shape index (κ1) is 27.4. The minimum Gasteiger partial charge on any atom is -0.461 e. The highest BCUT2D eigenvalue weighted by Gasteiger charge is 2.14. The van der Waals surface area contributed by atoms with E-state index in [1.807, 2.05) is 80.6 Å². The molecule has 0 N–H and O–H groups in total. The van der Waals surface area contributed by atoms with Gasteiger partial charge in [-0.05, 0) is 65.6 Å². The molecule has 4 aromatic carbocycles. The van der Waals surface area contributed by atoms with E-state index in [0.717, 1.165) is 39.3 Å². The smallest absolute Gasteiger partial charge is 0.333 e. The molecule has 0 spiro atoms. The molecule has 0 saturated carbocycles. The monoisotopic (exact) mass is 519 g/mol. The zero-order valence-corrected chi connectivity index (χ0v) is 22.6. The standard InChI is InChI=1S/C34H33NO4/c1-24(2)33(36)38-22-26-10-16-30(17-11-26)35(31-18-12-27(13-19-31)23-39-34(37)25(3)4)32-20-14-29(15-21-32)28-8-6-5-7-9-28/h5-21,25H,1,22-23H2,2-4H3. The fraction of sp³-hybridized carbons (Fsp3) is 0.176. The quantitative estimate of drug-likeness (QED) is 0.156. The average Bonchev–Trinajstić information content (AvgIpc) is 2.96. The molecule has 0 saturated heterocycles. The van der Waals surface area contributed by atoms with Crippen LogP contribution in [0.4, 0.5) is 17.1 Å².